The van der Waals surface area contributed by atoms with E-state index in [9.17, 15) is 28.2 Å². The number of carboxylic acid groups (broad SMARTS) is 1. The Kier molecular flexibility index (Phi) is 5.45. The van der Waals surface area contributed by atoms with Crippen molar-refractivity contribution in [3.63, 3.8) is 0 Å². The number of alkyl halides is 3. The normalized spacial score (nSPS) is 18.2. The first-order valence-electron chi connectivity index (χ1n) is 9.67. The number of hydrogen-bond acceptors (Lipinski definition) is 3. The molecule has 0 spiro atoms. The average Bonchev–Trinajstić information content (AvgIpc) is 2.75. The molecule has 2 atom stereocenters. The highest BCUT2D eigenvalue weighted by molar-refractivity contribution is 5.96. The molecule has 0 unspecified atom stereocenters. The maximum Gasteiger partial charge on any atom is 0.416 e. The van der Waals surface area contributed by atoms with E-state index in [0.717, 1.165) is 23.8 Å². The standard InChI is InChI=1S/C24H19F3O4/c25-24(26,27)17-7-9-18(23(29)30)20(12-17)15-6-8-19-21(11-15)31-13-16(22(19)28)10-14-4-2-1-3-5-14/h1-9,11-12,16,22,28H,10,13H2,(H,29,30)/t16-,22+/m0/s1. The number of rotatable bonds is 4. The highest BCUT2D eigenvalue weighted by Crippen LogP contribution is 2.41. The van der Waals surface area contributed by atoms with E-state index in [-0.39, 0.29) is 29.2 Å². The van der Waals surface area contributed by atoms with Crippen molar-refractivity contribution in [1.29, 1.82) is 0 Å². The molecular formula is C24H19F3O4. The number of ether oxygens (including phenoxy) is 1. The molecule has 4 nitrogen and oxygen atoms in total. The minimum Gasteiger partial charge on any atom is -0.493 e. The van der Waals surface area contributed by atoms with Crippen LogP contribution in [0.15, 0.2) is 66.7 Å². The number of hydrogen-bond donors (Lipinski definition) is 2. The van der Waals surface area contributed by atoms with Crippen LogP contribution in [-0.2, 0) is 12.6 Å². The summed E-state index contributed by atoms with van der Waals surface area (Å²) in [7, 11) is 0. The first kappa shape index (κ1) is 20.9. The maximum atomic E-state index is 13.2. The summed E-state index contributed by atoms with van der Waals surface area (Å²) in [6.45, 7) is 0.237. The molecule has 1 heterocycles. The van der Waals surface area contributed by atoms with Crippen LogP contribution in [0.1, 0.15) is 33.2 Å². The van der Waals surface area contributed by atoms with E-state index in [1.807, 2.05) is 30.3 Å². The third-order valence-electron chi connectivity index (χ3n) is 5.46. The number of carboxylic acids is 1. The fourth-order valence-electron chi connectivity index (χ4n) is 3.85. The number of fused-ring (bicyclic) bond motifs is 1. The molecule has 0 fully saturated rings. The Bertz CT molecular complexity index is 1110. The second kappa shape index (κ2) is 8.07. The van der Waals surface area contributed by atoms with Crippen molar-refractivity contribution >= 4 is 5.97 Å². The van der Waals surface area contributed by atoms with Gasteiger partial charge in [-0.25, -0.2) is 4.79 Å². The Balaban J connectivity index is 1.68. The van der Waals surface area contributed by atoms with Gasteiger partial charge in [0.2, 0.25) is 0 Å². The lowest BCUT2D eigenvalue weighted by molar-refractivity contribution is -0.137. The van der Waals surface area contributed by atoms with Crippen LogP contribution >= 0.6 is 0 Å². The van der Waals surface area contributed by atoms with Gasteiger partial charge in [0.25, 0.3) is 0 Å². The highest BCUT2D eigenvalue weighted by Gasteiger charge is 2.33. The summed E-state index contributed by atoms with van der Waals surface area (Å²) in [4.78, 5) is 11.6. The number of aliphatic hydroxyl groups is 1. The largest absolute Gasteiger partial charge is 0.493 e. The van der Waals surface area contributed by atoms with Crippen LogP contribution in [0.5, 0.6) is 5.75 Å². The van der Waals surface area contributed by atoms with Gasteiger partial charge in [-0.1, -0.05) is 42.5 Å². The molecule has 0 saturated heterocycles. The van der Waals surface area contributed by atoms with Crippen LogP contribution in [-0.4, -0.2) is 22.8 Å². The molecule has 3 aromatic rings. The average molecular weight is 428 g/mol. The zero-order valence-electron chi connectivity index (χ0n) is 16.3. The summed E-state index contributed by atoms with van der Waals surface area (Å²) >= 11 is 0. The molecule has 31 heavy (non-hydrogen) atoms. The Hall–Kier alpha value is -3.32. The molecule has 4 rings (SSSR count). The quantitative estimate of drug-likeness (QED) is 0.588. The van der Waals surface area contributed by atoms with Crippen molar-refractivity contribution < 1.29 is 32.9 Å². The van der Waals surface area contributed by atoms with Crippen molar-refractivity contribution in [1.82, 2.24) is 0 Å². The second-order valence-corrected chi connectivity index (χ2v) is 7.52. The second-order valence-electron chi connectivity index (χ2n) is 7.52. The van der Waals surface area contributed by atoms with Crippen LogP contribution in [0.4, 0.5) is 13.2 Å². The molecule has 3 aromatic carbocycles. The summed E-state index contributed by atoms with van der Waals surface area (Å²) in [6, 6.07) is 16.8. The predicted molar refractivity (Wildman–Crippen MR) is 108 cm³/mol. The Morgan fingerprint density at radius 1 is 1.03 bits per heavy atom. The zero-order chi connectivity index (χ0) is 22.2. The van der Waals surface area contributed by atoms with Crippen molar-refractivity contribution in [3.05, 3.63) is 89.0 Å². The van der Waals surface area contributed by atoms with Crippen LogP contribution in [0.2, 0.25) is 0 Å². The molecule has 0 amide bonds. The van der Waals surface area contributed by atoms with Crippen LogP contribution < -0.4 is 4.74 Å². The first-order chi connectivity index (χ1) is 14.7. The van der Waals surface area contributed by atoms with Crippen molar-refractivity contribution in [3.8, 4) is 16.9 Å². The van der Waals surface area contributed by atoms with Gasteiger partial charge >= 0.3 is 12.1 Å². The van der Waals surface area contributed by atoms with Gasteiger partial charge in [-0.2, -0.15) is 13.2 Å². The van der Waals surface area contributed by atoms with Crippen LogP contribution in [0, 0.1) is 5.92 Å². The zero-order valence-corrected chi connectivity index (χ0v) is 16.3. The van der Waals surface area contributed by atoms with Crippen LogP contribution in [0.3, 0.4) is 0 Å². The van der Waals surface area contributed by atoms with Gasteiger partial charge in [0.1, 0.15) is 5.75 Å². The molecule has 7 heteroatoms. The number of aromatic carboxylic acids is 1. The third-order valence-corrected chi connectivity index (χ3v) is 5.46. The predicted octanol–water partition coefficient (Wildman–Crippen LogP) is 5.36. The van der Waals surface area contributed by atoms with Gasteiger partial charge in [-0.15, -0.1) is 0 Å². The van der Waals surface area contributed by atoms with Gasteiger partial charge in [0.05, 0.1) is 23.8 Å². The number of benzene rings is 3. The fourth-order valence-corrected chi connectivity index (χ4v) is 3.85. The highest BCUT2D eigenvalue weighted by atomic mass is 19.4. The molecular weight excluding hydrogens is 409 g/mol. The molecule has 0 aliphatic carbocycles. The van der Waals surface area contributed by atoms with Crippen molar-refractivity contribution in [2.45, 2.75) is 18.7 Å². The van der Waals surface area contributed by atoms with E-state index in [2.05, 4.69) is 0 Å². The van der Waals surface area contributed by atoms with E-state index in [4.69, 9.17) is 4.74 Å². The van der Waals surface area contributed by atoms with Crippen molar-refractivity contribution in [2.75, 3.05) is 6.61 Å². The maximum absolute atomic E-state index is 13.2. The monoisotopic (exact) mass is 428 g/mol. The van der Waals surface area contributed by atoms with Crippen LogP contribution in [0.25, 0.3) is 11.1 Å². The Morgan fingerprint density at radius 3 is 2.45 bits per heavy atom. The summed E-state index contributed by atoms with van der Waals surface area (Å²) in [5.41, 5.74) is 0.621. The van der Waals surface area contributed by atoms with Gasteiger partial charge < -0.3 is 14.9 Å². The lowest BCUT2D eigenvalue weighted by atomic mass is 9.87. The summed E-state index contributed by atoms with van der Waals surface area (Å²) in [5, 5.41) is 20.2. The lowest BCUT2D eigenvalue weighted by Gasteiger charge is -2.31. The molecule has 2 N–H and O–H groups in total. The lowest BCUT2D eigenvalue weighted by Crippen LogP contribution is -2.27. The topological polar surface area (TPSA) is 66.8 Å². The van der Waals surface area contributed by atoms with Crippen molar-refractivity contribution in [2.24, 2.45) is 5.92 Å². The molecule has 0 saturated carbocycles. The van der Waals surface area contributed by atoms with Gasteiger partial charge in [-0.05, 0) is 47.4 Å². The molecule has 160 valence electrons. The molecule has 1 aliphatic rings. The van der Waals surface area contributed by atoms with E-state index in [0.29, 0.717) is 17.7 Å². The first-order valence-corrected chi connectivity index (χ1v) is 9.67. The fraction of sp³-hybridized carbons (Fsp3) is 0.208. The van der Waals surface area contributed by atoms with E-state index < -0.39 is 23.8 Å². The van der Waals surface area contributed by atoms with Gasteiger partial charge in [0, 0.05) is 11.5 Å². The Labute approximate surface area is 176 Å². The summed E-state index contributed by atoms with van der Waals surface area (Å²) in [5.74, 6) is -1.17. The van der Waals surface area contributed by atoms with Gasteiger partial charge in [-0.3, -0.25) is 0 Å². The minimum absolute atomic E-state index is 0.0605. The third kappa shape index (κ3) is 4.27. The molecule has 0 radical (unpaired) electrons. The molecule has 1 aliphatic heterocycles. The van der Waals surface area contributed by atoms with E-state index in [1.54, 1.807) is 6.07 Å². The SMILES string of the molecule is O=C(O)c1ccc(C(F)(F)F)cc1-c1ccc2c(c1)OC[C@H](Cc1ccccc1)[C@H]2O. The molecule has 0 bridgehead atoms. The summed E-state index contributed by atoms with van der Waals surface area (Å²) in [6.07, 6.45) is -4.80. The smallest absolute Gasteiger partial charge is 0.416 e. The molecule has 0 aromatic heterocycles. The Morgan fingerprint density at radius 2 is 1.77 bits per heavy atom. The number of aliphatic hydroxyl groups excluding tert-OH is 1. The summed E-state index contributed by atoms with van der Waals surface area (Å²) < 4.78 is 45.3. The van der Waals surface area contributed by atoms with E-state index in [1.165, 1.54) is 12.1 Å². The van der Waals surface area contributed by atoms with Gasteiger partial charge in [0.15, 0.2) is 0 Å². The number of carbonyl (C=O) groups is 1. The minimum atomic E-state index is -4.60. The number of halogens is 3. The van der Waals surface area contributed by atoms with E-state index >= 15 is 0 Å².